The summed E-state index contributed by atoms with van der Waals surface area (Å²) in [4.78, 5) is 14.9. The standard InChI is InChI=1S/C24H26FN3O4S/c1-17-9-10-20(15-21(17)25)33(30,31)27-19-7-4-6-18(14-19)24(29)26-16-22(23-8-5-13-32-23)28-11-2-3-12-28/h4-10,13-15,22,27H,2-3,11-12,16H2,1H3,(H,26,29)/t22-/m0/s1. The minimum Gasteiger partial charge on any atom is -0.468 e. The molecule has 0 radical (unpaired) electrons. The van der Waals surface area contributed by atoms with Crippen molar-refractivity contribution in [3.63, 3.8) is 0 Å². The zero-order valence-corrected chi connectivity index (χ0v) is 19.1. The van der Waals surface area contributed by atoms with Crippen molar-refractivity contribution in [1.82, 2.24) is 10.2 Å². The Balaban J connectivity index is 1.45. The lowest BCUT2D eigenvalue weighted by atomic mass is 10.1. The van der Waals surface area contributed by atoms with Gasteiger partial charge in [0.1, 0.15) is 11.6 Å². The number of carbonyl (C=O) groups is 1. The van der Waals surface area contributed by atoms with Gasteiger partial charge >= 0.3 is 0 Å². The minimum absolute atomic E-state index is 0.0652. The lowest BCUT2D eigenvalue weighted by Gasteiger charge is -2.26. The predicted molar refractivity (Wildman–Crippen MR) is 123 cm³/mol. The summed E-state index contributed by atoms with van der Waals surface area (Å²) in [6.07, 6.45) is 3.84. The molecule has 1 aliphatic heterocycles. The third-order valence-corrected chi connectivity index (χ3v) is 7.12. The lowest BCUT2D eigenvalue weighted by molar-refractivity contribution is 0.0934. The number of furan rings is 1. The van der Waals surface area contributed by atoms with Crippen LogP contribution in [-0.2, 0) is 10.0 Å². The van der Waals surface area contributed by atoms with E-state index < -0.39 is 15.8 Å². The summed E-state index contributed by atoms with van der Waals surface area (Å²) in [5.74, 6) is -0.132. The third kappa shape index (κ3) is 5.43. The van der Waals surface area contributed by atoms with E-state index >= 15 is 0 Å². The molecule has 9 heteroatoms. The van der Waals surface area contributed by atoms with Crippen LogP contribution in [0.3, 0.4) is 0 Å². The van der Waals surface area contributed by atoms with Crippen LogP contribution in [-0.4, -0.2) is 38.9 Å². The molecule has 0 bridgehead atoms. The maximum Gasteiger partial charge on any atom is 0.261 e. The molecule has 2 N–H and O–H groups in total. The van der Waals surface area contributed by atoms with Crippen molar-refractivity contribution in [2.75, 3.05) is 24.4 Å². The number of likely N-dealkylation sites (tertiary alicyclic amines) is 1. The second-order valence-corrected chi connectivity index (χ2v) is 9.76. The van der Waals surface area contributed by atoms with E-state index in [0.29, 0.717) is 17.7 Å². The van der Waals surface area contributed by atoms with Crippen LogP contribution >= 0.6 is 0 Å². The molecule has 0 unspecified atom stereocenters. The molecular formula is C24H26FN3O4S. The largest absolute Gasteiger partial charge is 0.468 e. The second kappa shape index (κ2) is 9.76. The number of aryl methyl sites for hydroxylation is 1. The average molecular weight is 472 g/mol. The van der Waals surface area contributed by atoms with E-state index in [0.717, 1.165) is 37.8 Å². The van der Waals surface area contributed by atoms with Crippen LogP contribution in [0.25, 0.3) is 0 Å². The van der Waals surface area contributed by atoms with Gasteiger partial charge in [-0.3, -0.25) is 14.4 Å². The monoisotopic (exact) mass is 471 g/mol. The van der Waals surface area contributed by atoms with Gasteiger partial charge in [-0.25, -0.2) is 12.8 Å². The van der Waals surface area contributed by atoms with Crippen molar-refractivity contribution in [3.05, 3.63) is 83.6 Å². The van der Waals surface area contributed by atoms with Crippen LogP contribution in [0, 0.1) is 12.7 Å². The molecule has 3 aromatic rings. The van der Waals surface area contributed by atoms with Crippen molar-refractivity contribution >= 4 is 21.6 Å². The number of nitrogens with one attached hydrogen (secondary N) is 2. The molecule has 0 saturated carbocycles. The first-order valence-corrected chi connectivity index (χ1v) is 12.3. The zero-order chi connectivity index (χ0) is 23.4. The van der Waals surface area contributed by atoms with E-state index in [2.05, 4.69) is 14.9 Å². The number of sulfonamides is 1. The molecule has 1 amide bonds. The first-order valence-electron chi connectivity index (χ1n) is 10.8. The Labute approximate surface area is 192 Å². The normalized spacial score (nSPS) is 15.3. The van der Waals surface area contributed by atoms with Crippen molar-refractivity contribution in [3.8, 4) is 0 Å². The first kappa shape index (κ1) is 23.0. The van der Waals surface area contributed by atoms with Crippen LogP contribution in [0.4, 0.5) is 10.1 Å². The number of amides is 1. The zero-order valence-electron chi connectivity index (χ0n) is 18.3. The summed E-state index contributed by atoms with van der Waals surface area (Å²) in [5.41, 5.74) is 0.880. The number of anilines is 1. The quantitative estimate of drug-likeness (QED) is 0.516. The van der Waals surface area contributed by atoms with E-state index in [9.17, 15) is 17.6 Å². The maximum absolute atomic E-state index is 13.8. The van der Waals surface area contributed by atoms with Gasteiger partial charge in [0.2, 0.25) is 0 Å². The molecule has 4 rings (SSSR count). The lowest BCUT2D eigenvalue weighted by Crippen LogP contribution is -2.36. The molecule has 174 valence electrons. The van der Waals surface area contributed by atoms with Gasteiger partial charge in [0.25, 0.3) is 15.9 Å². The predicted octanol–water partition coefficient (Wildman–Crippen LogP) is 4.09. The fraction of sp³-hybridized carbons (Fsp3) is 0.292. The number of hydrogen-bond acceptors (Lipinski definition) is 5. The Kier molecular flexibility index (Phi) is 6.80. The van der Waals surface area contributed by atoms with Crippen LogP contribution < -0.4 is 10.0 Å². The molecule has 2 aromatic carbocycles. The highest BCUT2D eigenvalue weighted by Gasteiger charge is 2.26. The van der Waals surface area contributed by atoms with Crippen LogP contribution in [0.1, 0.15) is 40.6 Å². The van der Waals surface area contributed by atoms with Gasteiger partial charge in [-0.05, 0) is 80.9 Å². The van der Waals surface area contributed by atoms with Crippen molar-refractivity contribution in [2.45, 2.75) is 30.7 Å². The maximum atomic E-state index is 13.8. The molecule has 1 aromatic heterocycles. The molecule has 2 heterocycles. The SMILES string of the molecule is Cc1ccc(S(=O)(=O)Nc2cccc(C(=O)NC[C@@H](c3ccco3)N3CCCC3)c2)cc1F. The molecule has 7 nitrogen and oxygen atoms in total. The van der Waals surface area contributed by atoms with Gasteiger partial charge in [-0.15, -0.1) is 0 Å². The number of halogens is 1. The molecule has 1 aliphatic rings. The summed E-state index contributed by atoms with van der Waals surface area (Å²) in [6, 6.07) is 13.6. The average Bonchev–Trinajstić information content (AvgIpc) is 3.50. The smallest absolute Gasteiger partial charge is 0.261 e. The number of rotatable bonds is 8. The number of nitrogens with zero attached hydrogens (tertiary/aromatic N) is 1. The Morgan fingerprint density at radius 2 is 1.91 bits per heavy atom. The minimum atomic E-state index is -4.00. The number of carbonyl (C=O) groups excluding carboxylic acids is 1. The van der Waals surface area contributed by atoms with E-state index in [-0.39, 0.29) is 22.5 Å². The Hall–Kier alpha value is -3.17. The molecule has 33 heavy (non-hydrogen) atoms. The molecule has 1 fully saturated rings. The Bertz CT molecular complexity index is 1220. The molecular weight excluding hydrogens is 445 g/mol. The fourth-order valence-corrected chi connectivity index (χ4v) is 4.97. The van der Waals surface area contributed by atoms with Gasteiger partial charge in [-0.1, -0.05) is 12.1 Å². The summed E-state index contributed by atoms with van der Waals surface area (Å²) in [6.45, 7) is 3.81. The summed E-state index contributed by atoms with van der Waals surface area (Å²) in [5, 5.41) is 2.93. The van der Waals surface area contributed by atoms with E-state index in [1.165, 1.54) is 24.3 Å². The summed E-state index contributed by atoms with van der Waals surface area (Å²) < 4.78 is 47.1. The Morgan fingerprint density at radius 1 is 1.12 bits per heavy atom. The highest BCUT2D eigenvalue weighted by molar-refractivity contribution is 7.92. The van der Waals surface area contributed by atoms with Gasteiger partial charge in [0.15, 0.2) is 0 Å². The third-order valence-electron chi connectivity index (χ3n) is 5.74. The van der Waals surface area contributed by atoms with Crippen molar-refractivity contribution < 1.29 is 22.0 Å². The summed E-state index contributed by atoms with van der Waals surface area (Å²) in [7, 11) is -4.00. The molecule has 0 aliphatic carbocycles. The number of benzene rings is 2. The van der Waals surface area contributed by atoms with E-state index in [1.54, 1.807) is 25.3 Å². The van der Waals surface area contributed by atoms with E-state index in [1.807, 2.05) is 12.1 Å². The van der Waals surface area contributed by atoms with Crippen molar-refractivity contribution in [1.29, 1.82) is 0 Å². The van der Waals surface area contributed by atoms with E-state index in [4.69, 9.17) is 4.42 Å². The van der Waals surface area contributed by atoms with Gasteiger partial charge < -0.3 is 9.73 Å². The van der Waals surface area contributed by atoms with Crippen molar-refractivity contribution in [2.24, 2.45) is 0 Å². The first-order chi connectivity index (χ1) is 15.8. The van der Waals surface area contributed by atoms with Crippen LogP contribution in [0.5, 0.6) is 0 Å². The molecule has 0 spiro atoms. The highest BCUT2D eigenvalue weighted by atomic mass is 32.2. The van der Waals surface area contributed by atoms with Gasteiger partial charge in [-0.2, -0.15) is 0 Å². The fourth-order valence-electron chi connectivity index (χ4n) is 3.91. The number of hydrogen-bond donors (Lipinski definition) is 2. The Morgan fingerprint density at radius 3 is 2.61 bits per heavy atom. The topological polar surface area (TPSA) is 91.6 Å². The molecule has 1 atom stereocenters. The van der Waals surface area contributed by atoms with Crippen LogP contribution in [0.15, 0.2) is 70.2 Å². The second-order valence-electron chi connectivity index (χ2n) is 8.08. The van der Waals surface area contributed by atoms with Gasteiger partial charge in [0, 0.05) is 17.8 Å². The highest BCUT2D eigenvalue weighted by Crippen LogP contribution is 2.25. The van der Waals surface area contributed by atoms with Gasteiger partial charge in [0.05, 0.1) is 17.2 Å². The summed E-state index contributed by atoms with van der Waals surface area (Å²) >= 11 is 0. The molecule has 1 saturated heterocycles. The van der Waals surface area contributed by atoms with Crippen LogP contribution in [0.2, 0.25) is 0 Å².